The number of halogens is 3. The number of carbonyl (C=O) groups excluding carboxylic acids is 1. The smallest absolute Gasteiger partial charge is 0.402 e. The highest BCUT2D eigenvalue weighted by Gasteiger charge is 2.31. The third-order valence-electron chi connectivity index (χ3n) is 4.36. The Balaban J connectivity index is 1.62. The zero-order valence-electron chi connectivity index (χ0n) is 16.9. The average molecular weight is 468 g/mol. The minimum absolute atomic E-state index is 0.0717. The van der Waals surface area contributed by atoms with Gasteiger partial charge in [0.2, 0.25) is 5.90 Å². The van der Waals surface area contributed by atoms with Gasteiger partial charge in [0.05, 0.1) is 5.75 Å². The number of hydrogen-bond acceptors (Lipinski definition) is 7. The Labute approximate surface area is 182 Å². The zero-order valence-corrected chi connectivity index (χ0v) is 17.7. The molecule has 7 nitrogen and oxygen atoms in total. The van der Waals surface area contributed by atoms with E-state index < -0.39 is 34.6 Å². The van der Waals surface area contributed by atoms with Crippen LogP contribution in [0.4, 0.5) is 18.9 Å². The minimum atomic E-state index is -4.72. The molecule has 0 radical (unpaired) electrons. The van der Waals surface area contributed by atoms with Crippen LogP contribution in [0.15, 0.2) is 65.3 Å². The lowest BCUT2D eigenvalue weighted by Crippen LogP contribution is -2.28. The number of carbonyl (C=O) groups is 1. The molecule has 1 aliphatic heterocycles. The molecule has 32 heavy (non-hydrogen) atoms. The maximum Gasteiger partial charge on any atom is 0.413 e. The number of rotatable bonds is 8. The van der Waals surface area contributed by atoms with Crippen molar-refractivity contribution in [2.75, 3.05) is 30.9 Å². The van der Waals surface area contributed by atoms with E-state index in [2.05, 4.69) is 9.18 Å². The normalized spacial score (nSPS) is 15.6. The predicted molar refractivity (Wildman–Crippen MR) is 113 cm³/mol. The van der Waals surface area contributed by atoms with Crippen molar-refractivity contribution >= 4 is 33.7 Å². The van der Waals surface area contributed by atoms with Crippen LogP contribution < -0.4 is 4.90 Å². The fourth-order valence-corrected chi connectivity index (χ4v) is 3.62. The Kier molecular flexibility index (Phi) is 6.99. The van der Waals surface area contributed by atoms with Crippen molar-refractivity contribution in [3.8, 4) is 0 Å². The summed E-state index contributed by atoms with van der Waals surface area (Å²) >= 11 is 0. The SMILES string of the molecule is CN(CCS(=O)(=O)OCC(F)(F)F)c1ccc(/C=C2\N=C(c3ccccc3)OC2=O)cc1. The average Bonchev–Trinajstić information content (AvgIpc) is 3.12. The summed E-state index contributed by atoms with van der Waals surface area (Å²) in [5, 5.41) is 0. The molecule has 0 unspecified atom stereocenters. The second-order valence-corrected chi connectivity index (χ2v) is 8.61. The molecule has 170 valence electrons. The molecule has 0 spiro atoms. The van der Waals surface area contributed by atoms with Crippen LogP contribution >= 0.6 is 0 Å². The Morgan fingerprint density at radius 2 is 1.75 bits per heavy atom. The van der Waals surface area contributed by atoms with E-state index in [1.807, 2.05) is 6.07 Å². The molecule has 0 saturated carbocycles. The summed E-state index contributed by atoms with van der Waals surface area (Å²) in [5.41, 5.74) is 2.10. The van der Waals surface area contributed by atoms with Crippen molar-refractivity contribution in [2.45, 2.75) is 6.18 Å². The number of anilines is 1. The lowest BCUT2D eigenvalue weighted by atomic mass is 10.1. The summed E-state index contributed by atoms with van der Waals surface area (Å²) in [7, 11) is -2.72. The quantitative estimate of drug-likeness (QED) is 0.336. The van der Waals surface area contributed by atoms with Gasteiger partial charge in [0.25, 0.3) is 10.1 Å². The number of alkyl halides is 3. The van der Waals surface area contributed by atoms with Gasteiger partial charge < -0.3 is 9.64 Å². The molecule has 0 atom stereocenters. The van der Waals surface area contributed by atoms with Crippen molar-refractivity contribution in [1.29, 1.82) is 0 Å². The van der Waals surface area contributed by atoms with Gasteiger partial charge in [0.1, 0.15) is 0 Å². The van der Waals surface area contributed by atoms with E-state index in [9.17, 15) is 26.4 Å². The largest absolute Gasteiger partial charge is 0.413 e. The minimum Gasteiger partial charge on any atom is -0.402 e. The molecule has 11 heteroatoms. The molecule has 3 rings (SSSR count). The van der Waals surface area contributed by atoms with Crippen molar-refractivity contribution < 1.29 is 35.3 Å². The first kappa shape index (κ1) is 23.5. The summed E-state index contributed by atoms with van der Waals surface area (Å²) in [6.07, 6.45) is -3.17. The van der Waals surface area contributed by atoms with Crippen molar-refractivity contribution in [2.24, 2.45) is 4.99 Å². The standard InChI is InChI=1S/C21H19F3N2O5S/c1-26(11-12-32(28,29)30-14-21(22,23)24)17-9-7-15(8-10-17)13-18-20(27)31-19(25-18)16-5-3-2-4-6-16/h2-10,13H,11-12,14H2,1H3/b18-13-. The second kappa shape index (κ2) is 9.53. The second-order valence-electron chi connectivity index (χ2n) is 6.85. The number of esters is 1. The summed E-state index contributed by atoms with van der Waals surface area (Å²) < 4.78 is 68.8. The monoisotopic (exact) mass is 468 g/mol. The van der Waals surface area contributed by atoms with E-state index in [0.717, 1.165) is 0 Å². The molecule has 1 heterocycles. The van der Waals surface area contributed by atoms with E-state index in [0.29, 0.717) is 16.8 Å². The van der Waals surface area contributed by atoms with Crippen molar-refractivity contribution in [3.05, 3.63) is 71.4 Å². The van der Waals surface area contributed by atoms with E-state index in [1.165, 1.54) is 0 Å². The van der Waals surface area contributed by atoms with Gasteiger partial charge in [0, 0.05) is 24.8 Å². The third kappa shape index (κ3) is 6.66. The van der Waals surface area contributed by atoms with Crippen molar-refractivity contribution in [1.82, 2.24) is 0 Å². The number of nitrogens with zero attached hydrogens (tertiary/aromatic N) is 2. The molecule has 0 fully saturated rings. The van der Waals surface area contributed by atoms with Crippen LogP contribution in [0, 0.1) is 0 Å². The Bertz CT molecular complexity index is 1130. The number of hydrogen-bond donors (Lipinski definition) is 0. The maximum atomic E-state index is 12.1. The lowest BCUT2D eigenvalue weighted by molar-refractivity contribution is -0.152. The highest BCUT2D eigenvalue weighted by molar-refractivity contribution is 7.86. The molecule has 0 amide bonds. The molecule has 0 N–H and O–H groups in total. The molecule has 0 bridgehead atoms. The van der Waals surface area contributed by atoms with E-state index in [-0.39, 0.29) is 18.1 Å². The Morgan fingerprint density at radius 1 is 1.09 bits per heavy atom. The fourth-order valence-electron chi connectivity index (χ4n) is 2.69. The third-order valence-corrected chi connectivity index (χ3v) is 5.52. The number of cyclic esters (lactones) is 1. The zero-order chi connectivity index (χ0) is 23.4. The first-order valence-electron chi connectivity index (χ1n) is 9.35. The van der Waals surface area contributed by atoms with Crippen LogP contribution in [-0.4, -0.2) is 52.4 Å². The molecule has 0 aliphatic carbocycles. The van der Waals surface area contributed by atoms with Crippen LogP contribution in [0.5, 0.6) is 0 Å². The van der Waals surface area contributed by atoms with E-state index in [1.54, 1.807) is 66.6 Å². The first-order valence-corrected chi connectivity index (χ1v) is 10.9. The van der Waals surface area contributed by atoms with Gasteiger partial charge in [0.15, 0.2) is 12.3 Å². The van der Waals surface area contributed by atoms with Crippen LogP contribution in [0.1, 0.15) is 11.1 Å². The Morgan fingerprint density at radius 3 is 2.38 bits per heavy atom. The maximum absolute atomic E-state index is 12.1. The highest BCUT2D eigenvalue weighted by Crippen LogP contribution is 2.21. The molecule has 1 aliphatic rings. The molecule has 2 aromatic carbocycles. The summed E-state index contributed by atoms with van der Waals surface area (Å²) in [6, 6.07) is 15.7. The van der Waals surface area contributed by atoms with Gasteiger partial charge in [-0.15, -0.1) is 0 Å². The van der Waals surface area contributed by atoms with Gasteiger partial charge in [-0.1, -0.05) is 30.3 Å². The summed E-state index contributed by atoms with van der Waals surface area (Å²) in [5.74, 6) is -0.963. The topological polar surface area (TPSA) is 85.3 Å². The Hall–Kier alpha value is -3.18. The predicted octanol–water partition coefficient (Wildman–Crippen LogP) is 3.38. The highest BCUT2D eigenvalue weighted by atomic mass is 32.2. The molecule has 2 aromatic rings. The van der Waals surface area contributed by atoms with Crippen LogP contribution in [0.2, 0.25) is 0 Å². The van der Waals surface area contributed by atoms with Crippen LogP contribution in [0.3, 0.4) is 0 Å². The summed E-state index contributed by atoms with van der Waals surface area (Å²) in [4.78, 5) is 17.9. The lowest BCUT2D eigenvalue weighted by Gasteiger charge is -2.19. The molecule has 0 saturated heterocycles. The van der Waals surface area contributed by atoms with Gasteiger partial charge in [-0.05, 0) is 35.9 Å². The van der Waals surface area contributed by atoms with Gasteiger partial charge in [-0.2, -0.15) is 21.6 Å². The molecular weight excluding hydrogens is 449 g/mol. The number of benzene rings is 2. The molecular formula is C21H19F3N2O5S. The van der Waals surface area contributed by atoms with Crippen LogP contribution in [-0.2, 0) is 23.8 Å². The molecule has 0 aromatic heterocycles. The number of aliphatic imine (C=N–C) groups is 1. The fraction of sp³-hybridized carbons (Fsp3) is 0.238. The summed E-state index contributed by atoms with van der Waals surface area (Å²) in [6.45, 7) is -1.92. The van der Waals surface area contributed by atoms with Gasteiger partial charge in [-0.25, -0.2) is 9.79 Å². The van der Waals surface area contributed by atoms with E-state index in [4.69, 9.17) is 4.74 Å². The van der Waals surface area contributed by atoms with Crippen LogP contribution in [0.25, 0.3) is 6.08 Å². The van der Waals surface area contributed by atoms with E-state index >= 15 is 0 Å². The number of ether oxygens (including phenoxy) is 1. The van der Waals surface area contributed by atoms with Gasteiger partial charge >= 0.3 is 12.1 Å². The first-order chi connectivity index (χ1) is 15.0. The van der Waals surface area contributed by atoms with Gasteiger partial charge in [-0.3, -0.25) is 4.18 Å². The van der Waals surface area contributed by atoms with Crippen molar-refractivity contribution in [3.63, 3.8) is 0 Å².